The van der Waals surface area contributed by atoms with Crippen LogP contribution in [0.4, 0.5) is 10.1 Å². The van der Waals surface area contributed by atoms with Gasteiger partial charge in [-0.15, -0.1) is 0 Å². The normalized spacial score (nSPS) is 10.5. The second-order valence-corrected chi connectivity index (χ2v) is 3.72. The molecule has 0 unspecified atom stereocenters. The van der Waals surface area contributed by atoms with E-state index in [9.17, 15) is 4.39 Å². The van der Waals surface area contributed by atoms with Gasteiger partial charge in [0.25, 0.3) is 0 Å². The smallest absolute Gasteiger partial charge is 0.167 e. The fraction of sp³-hybridized carbons (Fsp3) is 0.273. The third kappa shape index (κ3) is 2.35. The molecule has 0 saturated heterocycles. The van der Waals surface area contributed by atoms with Crippen molar-refractivity contribution in [1.29, 1.82) is 0 Å². The van der Waals surface area contributed by atoms with Crippen LogP contribution in [0, 0.1) is 19.7 Å². The Hall–Kier alpha value is -2.11. The highest BCUT2D eigenvalue weighted by Gasteiger charge is 2.10. The number of aryl methyl sites for hydroxylation is 2. The molecule has 17 heavy (non-hydrogen) atoms. The van der Waals surface area contributed by atoms with Crippen molar-refractivity contribution in [1.82, 2.24) is 10.3 Å². The summed E-state index contributed by atoms with van der Waals surface area (Å²) < 4.78 is 23.3. The van der Waals surface area contributed by atoms with Gasteiger partial charge in [-0.3, -0.25) is 0 Å². The molecule has 6 heteroatoms. The first-order valence-corrected chi connectivity index (χ1v) is 5.04. The number of hydrogen-bond donors (Lipinski definition) is 1. The highest BCUT2D eigenvalue weighted by molar-refractivity contribution is 5.50. The molecule has 0 fully saturated rings. The van der Waals surface area contributed by atoms with Crippen molar-refractivity contribution in [2.24, 2.45) is 0 Å². The maximum absolute atomic E-state index is 13.5. The van der Waals surface area contributed by atoms with Gasteiger partial charge in [-0.1, -0.05) is 10.3 Å². The topological polar surface area (TPSA) is 74.2 Å². The number of halogens is 1. The largest absolute Gasteiger partial charge is 0.484 e. The van der Waals surface area contributed by atoms with Crippen LogP contribution in [-0.2, 0) is 6.61 Å². The highest BCUT2D eigenvalue weighted by Crippen LogP contribution is 2.24. The van der Waals surface area contributed by atoms with E-state index in [-0.39, 0.29) is 12.4 Å². The van der Waals surface area contributed by atoms with E-state index in [1.165, 1.54) is 6.07 Å². The molecule has 0 saturated carbocycles. The lowest BCUT2D eigenvalue weighted by Gasteiger charge is -2.08. The van der Waals surface area contributed by atoms with E-state index in [1.54, 1.807) is 19.9 Å². The van der Waals surface area contributed by atoms with Gasteiger partial charge in [-0.05, 0) is 25.5 Å². The summed E-state index contributed by atoms with van der Waals surface area (Å²) in [5.41, 5.74) is 7.89. The molecule has 0 bridgehead atoms. The summed E-state index contributed by atoms with van der Waals surface area (Å²) in [7, 11) is 0. The van der Waals surface area contributed by atoms with E-state index in [2.05, 4.69) is 14.9 Å². The summed E-state index contributed by atoms with van der Waals surface area (Å²) in [6.07, 6.45) is 0. The number of nitrogens with two attached hydrogens (primary N) is 1. The molecular weight excluding hydrogens is 225 g/mol. The quantitative estimate of drug-likeness (QED) is 0.826. The van der Waals surface area contributed by atoms with Gasteiger partial charge in [0.05, 0.1) is 0 Å². The Kier molecular flexibility index (Phi) is 2.95. The van der Waals surface area contributed by atoms with E-state index in [4.69, 9.17) is 10.5 Å². The van der Waals surface area contributed by atoms with E-state index >= 15 is 0 Å². The molecule has 1 heterocycles. The van der Waals surface area contributed by atoms with Gasteiger partial charge >= 0.3 is 0 Å². The van der Waals surface area contributed by atoms with E-state index in [0.29, 0.717) is 17.1 Å². The molecule has 5 nitrogen and oxygen atoms in total. The third-order valence-electron chi connectivity index (χ3n) is 2.43. The standard InChI is InChI=1S/C11H12FN3O2/c1-6-3-11(8(12)4-9(6)13)16-5-10-7(2)14-17-15-10/h3-4H,5,13H2,1-2H3. The molecular formula is C11H12FN3O2. The number of ether oxygens (including phenoxy) is 1. The number of benzene rings is 1. The maximum Gasteiger partial charge on any atom is 0.167 e. The Bertz CT molecular complexity index is 540. The Morgan fingerprint density at radius 3 is 2.76 bits per heavy atom. The average Bonchev–Trinajstić information content (AvgIpc) is 2.68. The summed E-state index contributed by atoms with van der Waals surface area (Å²) in [5, 5.41) is 7.25. The minimum Gasteiger partial charge on any atom is -0.484 e. The number of nitrogens with zero attached hydrogens (tertiary/aromatic N) is 2. The van der Waals surface area contributed by atoms with E-state index in [0.717, 1.165) is 5.56 Å². The highest BCUT2D eigenvalue weighted by atomic mass is 19.1. The van der Waals surface area contributed by atoms with Crippen LogP contribution in [0.15, 0.2) is 16.8 Å². The van der Waals surface area contributed by atoms with Crippen molar-refractivity contribution in [3.05, 3.63) is 34.9 Å². The van der Waals surface area contributed by atoms with Crippen molar-refractivity contribution in [2.75, 3.05) is 5.73 Å². The van der Waals surface area contributed by atoms with Gasteiger partial charge in [0, 0.05) is 11.8 Å². The van der Waals surface area contributed by atoms with Crippen molar-refractivity contribution in [3.63, 3.8) is 0 Å². The molecule has 0 spiro atoms. The summed E-state index contributed by atoms with van der Waals surface area (Å²) in [5.74, 6) is -0.360. The zero-order valence-corrected chi connectivity index (χ0v) is 9.53. The Labute approximate surface area is 97.3 Å². The Morgan fingerprint density at radius 2 is 2.12 bits per heavy atom. The monoisotopic (exact) mass is 237 g/mol. The molecule has 0 aliphatic carbocycles. The predicted octanol–water partition coefficient (Wildman–Crippen LogP) is 1.99. The maximum atomic E-state index is 13.5. The molecule has 0 amide bonds. The van der Waals surface area contributed by atoms with Crippen LogP contribution >= 0.6 is 0 Å². The van der Waals surface area contributed by atoms with Crippen LogP contribution < -0.4 is 10.5 Å². The van der Waals surface area contributed by atoms with Gasteiger partial charge in [0.15, 0.2) is 11.6 Å². The second kappa shape index (κ2) is 4.40. The van der Waals surface area contributed by atoms with E-state index in [1.807, 2.05) is 0 Å². The molecule has 0 aliphatic rings. The lowest BCUT2D eigenvalue weighted by atomic mass is 10.2. The molecule has 0 atom stereocenters. The molecule has 90 valence electrons. The minimum absolute atomic E-state index is 0.107. The number of aromatic nitrogens is 2. The Morgan fingerprint density at radius 1 is 1.35 bits per heavy atom. The fourth-order valence-corrected chi connectivity index (χ4v) is 1.31. The van der Waals surface area contributed by atoms with Crippen LogP contribution in [0.1, 0.15) is 17.0 Å². The summed E-state index contributed by atoms with van der Waals surface area (Å²) in [4.78, 5) is 0. The molecule has 0 aliphatic heterocycles. The zero-order valence-electron chi connectivity index (χ0n) is 9.53. The Balaban J connectivity index is 2.14. The second-order valence-electron chi connectivity index (χ2n) is 3.72. The molecule has 2 rings (SSSR count). The van der Waals surface area contributed by atoms with Crippen molar-refractivity contribution in [2.45, 2.75) is 20.5 Å². The van der Waals surface area contributed by atoms with Crippen molar-refractivity contribution < 1.29 is 13.8 Å². The van der Waals surface area contributed by atoms with Crippen LogP contribution in [0.25, 0.3) is 0 Å². The van der Waals surface area contributed by atoms with Crippen LogP contribution in [0.5, 0.6) is 5.75 Å². The third-order valence-corrected chi connectivity index (χ3v) is 2.43. The fourth-order valence-electron chi connectivity index (χ4n) is 1.31. The number of anilines is 1. The van der Waals surface area contributed by atoms with Gasteiger partial charge in [0.2, 0.25) is 0 Å². The lowest BCUT2D eigenvalue weighted by Crippen LogP contribution is -2.01. The summed E-state index contributed by atoms with van der Waals surface area (Å²) >= 11 is 0. The predicted molar refractivity (Wildman–Crippen MR) is 58.9 cm³/mol. The number of hydrogen-bond acceptors (Lipinski definition) is 5. The lowest BCUT2D eigenvalue weighted by molar-refractivity contribution is 0.262. The first kappa shape index (κ1) is 11.4. The van der Waals surface area contributed by atoms with Crippen molar-refractivity contribution >= 4 is 5.69 Å². The molecule has 2 aromatic rings. The van der Waals surface area contributed by atoms with Crippen LogP contribution in [-0.4, -0.2) is 10.3 Å². The van der Waals surface area contributed by atoms with Crippen LogP contribution in [0.2, 0.25) is 0 Å². The van der Waals surface area contributed by atoms with Crippen LogP contribution in [0.3, 0.4) is 0 Å². The molecule has 1 aromatic carbocycles. The average molecular weight is 237 g/mol. The molecule has 0 radical (unpaired) electrons. The van der Waals surface area contributed by atoms with Gasteiger partial charge in [-0.2, -0.15) is 0 Å². The van der Waals surface area contributed by atoms with Gasteiger partial charge in [-0.25, -0.2) is 9.02 Å². The van der Waals surface area contributed by atoms with E-state index < -0.39 is 5.82 Å². The number of rotatable bonds is 3. The number of nitrogen functional groups attached to an aromatic ring is 1. The minimum atomic E-state index is -0.498. The van der Waals surface area contributed by atoms with Crippen molar-refractivity contribution in [3.8, 4) is 5.75 Å². The molecule has 2 N–H and O–H groups in total. The summed E-state index contributed by atoms with van der Waals surface area (Å²) in [6, 6.07) is 2.78. The molecule has 1 aromatic heterocycles. The zero-order chi connectivity index (χ0) is 12.4. The van der Waals surface area contributed by atoms with Gasteiger partial charge < -0.3 is 10.5 Å². The van der Waals surface area contributed by atoms with Gasteiger partial charge in [0.1, 0.15) is 18.0 Å². The first-order chi connectivity index (χ1) is 8.08. The SMILES string of the molecule is Cc1cc(OCc2nonc2C)c(F)cc1N. The first-order valence-electron chi connectivity index (χ1n) is 5.04. The summed E-state index contributed by atoms with van der Waals surface area (Å²) in [6.45, 7) is 3.62.